The molecule has 1 fully saturated rings. The van der Waals surface area contributed by atoms with Crippen LogP contribution >= 0.6 is 15.9 Å². The molecular weight excluding hydrogens is 342 g/mol. The van der Waals surface area contributed by atoms with Crippen LogP contribution in [0.25, 0.3) is 0 Å². The summed E-state index contributed by atoms with van der Waals surface area (Å²) in [6, 6.07) is 0. The topological polar surface area (TPSA) is 80.3 Å². The first-order valence-corrected chi connectivity index (χ1v) is 10.4. The normalized spacial score (nSPS) is 22.8. The summed E-state index contributed by atoms with van der Waals surface area (Å²) in [5.41, 5.74) is 0. The molecule has 1 aliphatic heterocycles. The van der Waals surface area contributed by atoms with Crippen LogP contribution in [0.4, 0.5) is 0 Å². The van der Waals surface area contributed by atoms with Crippen molar-refractivity contribution in [3.8, 4) is 0 Å². The Bertz CT molecular complexity index is 446. The first kappa shape index (κ1) is 16.4. The zero-order chi connectivity index (χ0) is 13.8. The summed E-state index contributed by atoms with van der Waals surface area (Å²) >= 11 is 3.44. The van der Waals surface area contributed by atoms with Gasteiger partial charge in [0.25, 0.3) is 0 Å². The zero-order valence-corrected chi connectivity index (χ0v) is 13.7. The fourth-order valence-electron chi connectivity index (χ4n) is 1.86. The molecule has 108 valence electrons. The second-order valence-corrected chi connectivity index (χ2v) is 10.2. The van der Waals surface area contributed by atoms with Crippen LogP contribution in [0, 0.1) is 0 Å². The van der Waals surface area contributed by atoms with E-state index in [0.717, 1.165) is 12.8 Å². The van der Waals surface area contributed by atoms with E-state index in [0.29, 0.717) is 11.4 Å². The lowest BCUT2D eigenvalue weighted by atomic mass is 10.2. The summed E-state index contributed by atoms with van der Waals surface area (Å²) in [6.45, 7) is 2.43. The van der Waals surface area contributed by atoms with Gasteiger partial charge in [0.1, 0.15) is 9.84 Å². The van der Waals surface area contributed by atoms with Gasteiger partial charge < -0.3 is 0 Å². The Morgan fingerprint density at radius 2 is 1.89 bits per heavy atom. The van der Waals surface area contributed by atoms with Gasteiger partial charge in [-0.25, -0.2) is 21.6 Å². The van der Waals surface area contributed by atoms with Crippen LogP contribution in [-0.4, -0.2) is 45.0 Å². The second kappa shape index (κ2) is 6.67. The molecular formula is C10H20BrNO4S2. The van der Waals surface area contributed by atoms with Crippen LogP contribution < -0.4 is 4.72 Å². The third kappa shape index (κ3) is 5.14. The van der Waals surface area contributed by atoms with Gasteiger partial charge in [-0.05, 0) is 25.7 Å². The molecule has 1 heterocycles. The number of hydrogen-bond acceptors (Lipinski definition) is 4. The Morgan fingerprint density at radius 3 is 2.39 bits per heavy atom. The smallest absolute Gasteiger partial charge is 0.214 e. The number of hydrogen-bond donors (Lipinski definition) is 1. The fourth-order valence-corrected chi connectivity index (χ4v) is 5.37. The van der Waals surface area contributed by atoms with E-state index >= 15 is 0 Å². The Labute approximate surface area is 118 Å². The third-order valence-electron chi connectivity index (χ3n) is 3.14. The highest BCUT2D eigenvalue weighted by molar-refractivity contribution is 9.09. The van der Waals surface area contributed by atoms with Gasteiger partial charge in [0, 0.05) is 11.4 Å². The highest BCUT2D eigenvalue weighted by Gasteiger charge is 2.32. The van der Waals surface area contributed by atoms with E-state index in [1.807, 2.05) is 6.92 Å². The van der Waals surface area contributed by atoms with Crippen molar-refractivity contribution in [2.45, 2.75) is 42.7 Å². The number of sulfone groups is 1. The molecule has 0 spiro atoms. The maximum Gasteiger partial charge on any atom is 0.214 e. The summed E-state index contributed by atoms with van der Waals surface area (Å²) in [7, 11) is -6.39. The van der Waals surface area contributed by atoms with Crippen molar-refractivity contribution in [1.82, 2.24) is 4.72 Å². The first-order valence-electron chi connectivity index (χ1n) is 6.10. The van der Waals surface area contributed by atoms with Crippen molar-refractivity contribution in [3.63, 3.8) is 0 Å². The molecule has 0 aromatic carbocycles. The van der Waals surface area contributed by atoms with Crippen molar-refractivity contribution < 1.29 is 16.8 Å². The minimum Gasteiger partial charge on any atom is -0.229 e. The van der Waals surface area contributed by atoms with Gasteiger partial charge in [0.05, 0.1) is 16.8 Å². The molecule has 1 atom stereocenters. The Hall–Kier alpha value is 0.340. The van der Waals surface area contributed by atoms with Crippen LogP contribution in [0.5, 0.6) is 0 Å². The number of sulfonamides is 1. The molecule has 0 aliphatic carbocycles. The van der Waals surface area contributed by atoms with Crippen molar-refractivity contribution >= 4 is 35.8 Å². The predicted molar refractivity (Wildman–Crippen MR) is 76.2 cm³/mol. The van der Waals surface area contributed by atoms with E-state index in [-0.39, 0.29) is 24.3 Å². The van der Waals surface area contributed by atoms with E-state index in [9.17, 15) is 16.8 Å². The van der Waals surface area contributed by atoms with Gasteiger partial charge in [-0.1, -0.05) is 22.9 Å². The average Bonchev–Trinajstić information content (AvgIpc) is 2.28. The quantitative estimate of drug-likeness (QED) is 0.716. The Kier molecular flexibility index (Phi) is 6.08. The Morgan fingerprint density at radius 1 is 1.33 bits per heavy atom. The van der Waals surface area contributed by atoms with Gasteiger partial charge in [-0.15, -0.1) is 0 Å². The average molecular weight is 362 g/mol. The molecule has 0 aromatic rings. The molecule has 1 aliphatic rings. The van der Waals surface area contributed by atoms with Crippen LogP contribution in [0.15, 0.2) is 0 Å². The molecule has 1 unspecified atom stereocenters. The summed E-state index contributed by atoms with van der Waals surface area (Å²) in [6.07, 6.45) is 2.11. The third-order valence-corrected chi connectivity index (χ3v) is 7.92. The molecule has 1 rings (SSSR count). The van der Waals surface area contributed by atoms with Crippen molar-refractivity contribution in [1.29, 1.82) is 0 Å². The first-order chi connectivity index (χ1) is 8.27. The number of rotatable bonds is 6. The lowest BCUT2D eigenvalue weighted by Gasteiger charge is -2.22. The number of nitrogens with one attached hydrogen (secondary N) is 1. The van der Waals surface area contributed by atoms with E-state index in [1.165, 1.54) is 0 Å². The maximum atomic E-state index is 11.9. The molecule has 0 saturated carbocycles. The molecule has 18 heavy (non-hydrogen) atoms. The summed E-state index contributed by atoms with van der Waals surface area (Å²) in [5.74, 6) is -0.0385. The molecule has 5 nitrogen and oxygen atoms in total. The molecule has 0 radical (unpaired) electrons. The van der Waals surface area contributed by atoms with Crippen LogP contribution in [0.2, 0.25) is 0 Å². The molecule has 8 heteroatoms. The van der Waals surface area contributed by atoms with Crippen molar-refractivity contribution in [2.24, 2.45) is 0 Å². The molecule has 0 amide bonds. The van der Waals surface area contributed by atoms with Crippen molar-refractivity contribution in [2.75, 3.05) is 18.1 Å². The minimum absolute atomic E-state index is 0.0192. The molecule has 0 aromatic heterocycles. The monoisotopic (exact) mass is 361 g/mol. The molecule has 1 N–H and O–H groups in total. The van der Waals surface area contributed by atoms with Crippen LogP contribution in [-0.2, 0) is 19.9 Å². The van der Waals surface area contributed by atoms with Gasteiger partial charge in [-0.3, -0.25) is 0 Å². The lowest BCUT2D eigenvalue weighted by Crippen LogP contribution is -2.40. The van der Waals surface area contributed by atoms with E-state index in [2.05, 4.69) is 20.7 Å². The van der Waals surface area contributed by atoms with Gasteiger partial charge in [0.15, 0.2) is 0 Å². The second-order valence-electron chi connectivity index (χ2n) is 4.58. The van der Waals surface area contributed by atoms with Gasteiger partial charge in [-0.2, -0.15) is 0 Å². The largest absolute Gasteiger partial charge is 0.229 e. The van der Waals surface area contributed by atoms with Crippen molar-refractivity contribution in [3.05, 3.63) is 0 Å². The lowest BCUT2D eigenvalue weighted by molar-refractivity contribution is 0.540. The van der Waals surface area contributed by atoms with E-state index in [1.54, 1.807) is 0 Å². The van der Waals surface area contributed by atoms with Crippen LogP contribution in [0.3, 0.4) is 0 Å². The number of halogens is 1. The number of alkyl halides is 1. The summed E-state index contributed by atoms with van der Waals surface area (Å²) < 4.78 is 48.9. The maximum absolute atomic E-state index is 11.9. The minimum atomic E-state index is -3.37. The van der Waals surface area contributed by atoms with Gasteiger partial charge >= 0.3 is 0 Å². The fraction of sp³-hybridized carbons (Fsp3) is 1.00. The molecule has 1 saturated heterocycles. The Balaban J connectivity index is 2.45. The van der Waals surface area contributed by atoms with E-state index in [4.69, 9.17) is 0 Å². The highest BCUT2D eigenvalue weighted by atomic mass is 79.9. The SMILES string of the molecule is CCC(Br)CCNS(=O)(=O)C1CCS(=O)(=O)CC1. The highest BCUT2D eigenvalue weighted by Crippen LogP contribution is 2.18. The molecule has 0 bridgehead atoms. The van der Waals surface area contributed by atoms with Crippen LogP contribution in [0.1, 0.15) is 32.6 Å². The zero-order valence-electron chi connectivity index (χ0n) is 10.4. The van der Waals surface area contributed by atoms with E-state index < -0.39 is 25.1 Å². The summed E-state index contributed by atoms with van der Waals surface area (Å²) in [4.78, 5) is 0.312. The van der Waals surface area contributed by atoms with Gasteiger partial charge in [0.2, 0.25) is 10.0 Å². The predicted octanol–water partition coefficient (Wildman–Crippen LogP) is 1.05. The summed E-state index contributed by atoms with van der Waals surface area (Å²) in [5, 5.41) is -0.559. The standard InChI is InChI=1S/C10H20BrNO4S2/c1-2-9(11)3-6-12-18(15,16)10-4-7-17(13,14)8-5-10/h9-10,12H,2-8H2,1H3.